The fourth-order valence-electron chi connectivity index (χ4n) is 3.38. The Bertz CT molecular complexity index is 1030. The number of nitrogens with one attached hydrogen (secondary N) is 1. The summed E-state index contributed by atoms with van der Waals surface area (Å²) < 4.78 is 7.32. The van der Waals surface area contributed by atoms with E-state index in [1.165, 1.54) is 16.3 Å². The summed E-state index contributed by atoms with van der Waals surface area (Å²) in [7, 11) is 0. The lowest BCUT2D eigenvalue weighted by Gasteiger charge is -2.32. The standard InChI is InChI=1S/C20H22N4O3/c1-13-3-5-15(6-4-13)27-16-7-9-23(10-8-16)19(25)17-12-21-18-11-14(2)22-24(18)20(17)26/h3-6,11-12,16,22H,7-10H2,1-2H3. The van der Waals surface area contributed by atoms with Crippen LogP contribution < -0.4 is 10.3 Å². The Morgan fingerprint density at radius 3 is 2.59 bits per heavy atom. The normalized spacial score (nSPS) is 15.3. The highest BCUT2D eigenvalue weighted by molar-refractivity contribution is 5.93. The van der Waals surface area contributed by atoms with Gasteiger partial charge in [0.05, 0.1) is 0 Å². The van der Waals surface area contributed by atoms with Gasteiger partial charge in [-0.2, -0.15) is 0 Å². The number of nitrogens with zero attached hydrogens (tertiary/aromatic N) is 3. The van der Waals surface area contributed by atoms with Crippen LogP contribution in [0.2, 0.25) is 0 Å². The molecule has 0 unspecified atom stereocenters. The molecule has 0 bridgehead atoms. The maximum Gasteiger partial charge on any atom is 0.285 e. The number of aromatic nitrogens is 3. The molecule has 0 aliphatic carbocycles. The second-order valence-corrected chi connectivity index (χ2v) is 7.03. The second-order valence-electron chi connectivity index (χ2n) is 7.03. The summed E-state index contributed by atoms with van der Waals surface area (Å²) in [5.41, 5.74) is 2.25. The van der Waals surface area contributed by atoms with Crippen LogP contribution in [0.4, 0.5) is 0 Å². The third-order valence-electron chi connectivity index (χ3n) is 4.91. The van der Waals surface area contributed by atoms with Crippen molar-refractivity contribution in [1.82, 2.24) is 19.5 Å². The number of piperidine rings is 1. The number of hydrogen-bond acceptors (Lipinski definition) is 4. The number of hydrogen-bond donors (Lipinski definition) is 1. The van der Waals surface area contributed by atoms with Crippen LogP contribution in [0.5, 0.6) is 5.75 Å². The molecule has 3 aromatic rings. The molecular weight excluding hydrogens is 344 g/mol. The molecule has 7 heteroatoms. The Kier molecular flexibility index (Phi) is 4.43. The van der Waals surface area contributed by atoms with Gasteiger partial charge in [0, 0.05) is 43.9 Å². The minimum Gasteiger partial charge on any atom is -0.490 e. The number of benzene rings is 1. The molecular formula is C20H22N4O3. The number of H-pyrrole nitrogens is 1. The summed E-state index contributed by atoms with van der Waals surface area (Å²) >= 11 is 0. The minimum absolute atomic E-state index is 0.0736. The highest BCUT2D eigenvalue weighted by atomic mass is 16.5. The first-order valence-corrected chi connectivity index (χ1v) is 9.11. The Morgan fingerprint density at radius 2 is 1.89 bits per heavy atom. The van der Waals surface area contributed by atoms with Crippen LogP contribution in [-0.4, -0.2) is 44.6 Å². The van der Waals surface area contributed by atoms with E-state index in [9.17, 15) is 9.59 Å². The Morgan fingerprint density at radius 1 is 1.19 bits per heavy atom. The third-order valence-corrected chi connectivity index (χ3v) is 4.91. The van der Waals surface area contributed by atoms with Gasteiger partial charge in [-0.25, -0.2) is 9.50 Å². The van der Waals surface area contributed by atoms with E-state index in [1.807, 2.05) is 38.1 Å². The van der Waals surface area contributed by atoms with Crippen molar-refractivity contribution in [2.75, 3.05) is 13.1 Å². The van der Waals surface area contributed by atoms with Crippen molar-refractivity contribution in [1.29, 1.82) is 0 Å². The molecule has 0 saturated carbocycles. The van der Waals surface area contributed by atoms with Crippen molar-refractivity contribution >= 4 is 11.6 Å². The number of aryl methyl sites for hydroxylation is 2. The van der Waals surface area contributed by atoms with Crippen LogP contribution in [0.3, 0.4) is 0 Å². The van der Waals surface area contributed by atoms with Crippen LogP contribution in [-0.2, 0) is 0 Å². The van der Waals surface area contributed by atoms with Crippen LogP contribution in [0.15, 0.2) is 41.3 Å². The predicted molar refractivity (Wildman–Crippen MR) is 101 cm³/mol. The van der Waals surface area contributed by atoms with Gasteiger partial charge in [-0.05, 0) is 26.0 Å². The minimum atomic E-state index is -0.365. The number of fused-ring (bicyclic) bond motifs is 1. The lowest BCUT2D eigenvalue weighted by atomic mass is 10.1. The van der Waals surface area contributed by atoms with Crippen LogP contribution in [0.1, 0.15) is 34.5 Å². The average molecular weight is 366 g/mol. The number of likely N-dealkylation sites (tertiary alicyclic amines) is 1. The van der Waals surface area contributed by atoms with Gasteiger partial charge in [0.1, 0.15) is 17.4 Å². The highest BCUT2D eigenvalue weighted by Crippen LogP contribution is 2.20. The number of rotatable bonds is 3. The maximum absolute atomic E-state index is 12.8. The molecule has 1 saturated heterocycles. The van der Waals surface area contributed by atoms with Crippen molar-refractivity contribution in [2.24, 2.45) is 0 Å². The summed E-state index contributed by atoms with van der Waals surface area (Å²) in [6.45, 7) is 4.99. The van der Waals surface area contributed by atoms with Gasteiger partial charge in [0.15, 0.2) is 5.65 Å². The van der Waals surface area contributed by atoms with E-state index in [0.717, 1.165) is 24.3 Å². The second kappa shape index (κ2) is 6.90. The van der Waals surface area contributed by atoms with E-state index >= 15 is 0 Å². The molecule has 2 aromatic heterocycles. The topological polar surface area (TPSA) is 79.7 Å². The molecule has 1 fully saturated rings. The zero-order chi connectivity index (χ0) is 19.0. The first-order chi connectivity index (χ1) is 13.0. The molecule has 27 heavy (non-hydrogen) atoms. The molecule has 7 nitrogen and oxygen atoms in total. The quantitative estimate of drug-likeness (QED) is 0.771. The fraction of sp³-hybridized carbons (Fsp3) is 0.350. The van der Waals surface area contributed by atoms with Crippen molar-refractivity contribution in [3.8, 4) is 5.75 Å². The lowest BCUT2D eigenvalue weighted by molar-refractivity contribution is 0.0593. The van der Waals surface area contributed by atoms with Gasteiger partial charge in [0.25, 0.3) is 11.5 Å². The van der Waals surface area contributed by atoms with Crippen LogP contribution in [0, 0.1) is 13.8 Å². The largest absolute Gasteiger partial charge is 0.490 e. The molecule has 1 aromatic carbocycles. The molecule has 0 radical (unpaired) electrons. The smallest absolute Gasteiger partial charge is 0.285 e. The van der Waals surface area contributed by atoms with E-state index in [4.69, 9.17) is 4.74 Å². The van der Waals surface area contributed by atoms with E-state index < -0.39 is 0 Å². The van der Waals surface area contributed by atoms with Crippen molar-refractivity contribution in [2.45, 2.75) is 32.8 Å². The molecule has 1 amide bonds. The molecule has 1 aliphatic rings. The first kappa shape index (κ1) is 17.3. The summed E-state index contributed by atoms with van der Waals surface area (Å²) in [5.74, 6) is 0.573. The van der Waals surface area contributed by atoms with Crippen molar-refractivity contribution in [3.63, 3.8) is 0 Å². The van der Waals surface area contributed by atoms with E-state index in [2.05, 4.69) is 10.1 Å². The first-order valence-electron chi connectivity index (χ1n) is 9.11. The zero-order valence-electron chi connectivity index (χ0n) is 15.4. The number of carbonyl (C=O) groups is 1. The fourth-order valence-corrected chi connectivity index (χ4v) is 3.38. The average Bonchev–Trinajstić information content (AvgIpc) is 3.05. The van der Waals surface area contributed by atoms with Crippen LogP contribution >= 0.6 is 0 Å². The molecule has 4 rings (SSSR count). The van der Waals surface area contributed by atoms with Gasteiger partial charge >= 0.3 is 0 Å². The molecule has 0 spiro atoms. The van der Waals surface area contributed by atoms with E-state index in [-0.39, 0.29) is 23.1 Å². The number of aromatic amines is 1. The SMILES string of the molecule is Cc1ccc(OC2CCN(C(=O)c3cnc4cc(C)[nH]n4c3=O)CC2)cc1. The number of amides is 1. The molecule has 1 aliphatic heterocycles. The van der Waals surface area contributed by atoms with Gasteiger partial charge in [0.2, 0.25) is 0 Å². The molecule has 1 N–H and O–H groups in total. The van der Waals surface area contributed by atoms with Gasteiger partial charge < -0.3 is 9.64 Å². The summed E-state index contributed by atoms with van der Waals surface area (Å²) in [4.78, 5) is 31.3. The monoisotopic (exact) mass is 366 g/mol. The molecule has 0 atom stereocenters. The van der Waals surface area contributed by atoms with Crippen LogP contribution in [0.25, 0.3) is 5.65 Å². The summed E-state index contributed by atoms with van der Waals surface area (Å²) in [6.07, 6.45) is 2.92. The number of ether oxygens (including phenoxy) is 1. The predicted octanol–water partition coefficient (Wildman–Crippen LogP) is 2.32. The highest BCUT2D eigenvalue weighted by Gasteiger charge is 2.27. The van der Waals surface area contributed by atoms with Gasteiger partial charge in [-0.15, -0.1) is 0 Å². The van der Waals surface area contributed by atoms with Gasteiger partial charge in [-0.3, -0.25) is 14.7 Å². The lowest BCUT2D eigenvalue weighted by Crippen LogP contribution is -2.43. The van der Waals surface area contributed by atoms with E-state index in [0.29, 0.717) is 18.7 Å². The van der Waals surface area contributed by atoms with Crippen molar-refractivity contribution in [3.05, 3.63) is 63.7 Å². The summed E-state index contributed by atoms with van der Waals surface area (Å²) in [5, 5.41) is 2.91. The Balaban J connectivity index is 1.43. The zero-order valence-corrected chi connectivity index (χ0v) is 15.4. The molecule has 3 heterocycles. The Labute approximate surface area is 156 Å². The maximum atomic E-state index is 12.8. The summed E-state index contributed by atoms with van der Waals surface area (Å²) in [6, 6.07) is 9.74. The number of carbonyl (C=O) groups excluding carboxylic acids is 1. The van der Waals surface area contributed by atoms with Gasteiger partial charge in [-0.1, -0.05) is 17.7 Å². The van der Waals surface area contributed by atoms with Crippen molar-refractivity contribution < 1.29 is 9.53 Å². The van der Waals surface area contributed by atoms with E-state index in [1.54, 1.807) is 11.0 Å². The third kappa shape index (κ3) is 3.45. The Hall–Kier alpha value is -3.09. The molecule has 140 valence electrons.